The first-order valence-corrected chi connectivity index (χ1v) is 8.31. The molecule has 0 aliphatic rings. The molecule has 4 aromatic rings. The average Bonchev–Trinajstić information content (AvgIpc) is 3.17. The lowest BCUT2D eigenvalue weighted by atomic mass is 10.0. The van der Waals surface area contributed by atoms with Crippen LogP contribution < -0.4 is 4.90 Å². The van der Waals surface area contributed by atoms with E-state index in [0.717, 1.165) is 22.3 Å². The van der Waals surface area contributed by atoms with Crippen LogP contribution >= 0.6 is 0 Å². The van der Waals surface area contributed by atoms with Gasteiger partial charge in [0.1, 0.15) is 17.6 Å². The van der Waals surface area contributed by atoms with Crippen molar-refractivity contribution in [3.63, 3.8) is 0 Å². The summed E-state index contributed by atoms with van der Waals surface area (Å²) in [4.78, 5) is 6.08. The van der Waals surface area contributed by atoms with Gasteiger partial charge in [-0.25, -0.2) is 0 Å². The van der Waals surface area contributed by atoms with Crippen LogP contribution in [0.1, 0.15) is 5.56 Å². The van der Waals surface area contributed by atoms with Crippen molar-refractivity contribution in [1.29, 1.82) is 5.26 Å². The third-order valence-electron chi connectivity index (χ3n) is 4.44. The average molecular weight is 339 g/mol. The summed E-state index contributed by atoms with van der Waals surface area (Å²) in [6, 6.07) is 20.5. The number of hydrogen-bond acceptors (Lipinski definition) is 4. The topological polar surface area (TPSA) is 53.1 Å². The van der Waals surface area contributed by atoms with Crippen LogP contribution in [0.4, 0.5) is 5.69 Å². The molecule has 0 radical (unpaired) electrons. The molecule has 126 valence electrons. The summed E-state index contributed by atoms with van der Waals surface area (Å²) in [7, 11) is 4.07. The molecule has 0 spiro atoms. The zero-order chi connectivity index (χ0) is 18.1. The van der Waals surface area contributed by atoms with E-state index in [9.17, 15) is 5.26 Å². The zero-order valence-electron chi connectivity index (χ0n) is 14.6. The normalized spacial score (nSPS) is 10.7. The predicted octanol–water partition coefficient (Wildman–Crippen LogP) is 5.10. The molecule has 4 nitrogen and oxygen atoms in total. The second-order valence-corrected chi connectivity index (χ2v) is 6.34. The van der Waals surface area contributed by atoms with Gasteiger partial charge in [0.15, 0.2) is 0 Å². The zero-order valence-corrected chi connectivity index (χ0v) is 14.6. The van der Waals surface area contributed by atoms with E-state index < -0.39 is 0 Å². The number of nitriles is 1. The summed E-state index contributed by atoms with van der Waals surface area (Å²) in [6.45, 7) is 0. The van der Waals surface area contributed by atoms with E-state index in [2.05, 4.69) is 52.4 Å². The number of furan rings is 1. The molecule has 0 N–H and O–H groups in total. The molecular weight excluding hydrogens is 322 g/mol. The maximum atomic E-state index is 9.25. The van der Waals surface area contributed by atoms with Gasteiger partial charge in [0.2, 0.25) is 0 Å². The van der Waals surface area contributed by atoms with Crippen molar-refractivity contribution in [2.75, 3.05) is 19.0 Å². The SMILES string of the molecule is CN(C)c1ccc2cc(-c3ccc(-c4ccncc4C#N)o3)ccc2c1. The minimum absolute atomic E-state index is 0.503. The standard InChI is InChI=1S/C22H17N3O/c1-25(2)19-6-5-15-11-17(4-3-16(15)12-19)21-7-8-22(26-21)20-9-10-24-14-18(20)13-23/h3-12,14H,1-2H3. The summed E-state index contributed by atoms with van der Waals surface area (Å²) < 4.78 is 6.02. The first-order valence-electron chi connectivity index (χ1n) is 8.31. The first-order chi connectivity index (χ1) is 12.7. The van der Waals surface area contributed by atoms with Gasteiger partial charge in [-0.15, -0.1) is 0 Å². The van der Waals surface area contributed by atoms with Crippen LogP contribution in [0, 0.1) is 11.3 Å². The molecule has 0 saturated carbocycles. The molecule has 0 fully saturated rings. The van der Waals surface area contributed by atoms with Crippen molar-refractivity contribution >= 4 is 16.5 Å². The molecule has 0 atom stereocenters. The van der Waals surface area contributed by atoms with Crippen molar-refractivity contribution < 1.29 is 4.42 Å². The second-order valence-electron chi connectivity index (χ2n) is 6.34. The van der Waals surface area contributed by atoms with Crippen LogP contribution in [0.2, 0.25) is 0 Å². The molecule has 4 rings (SSSR count). The molecular formula is C22H17N3O. The van der Waals surface area contributed by atoms with Gasteiger partial charge in [0.05, 0.1) is 5.56 Å². The van der Waals surface area contributed by atoms with E-state index in [4.69, 9.17) is 4.42 Å². The van der Waals surface area contributed by atoms with Crippen LogP contribution in [-0.2, 0) is 0 Å². The van der Waals surface area contributed by atoms with Gasteiger partial charge >= 0.3 is 0 Å². The largest absolute Gasteiger partial charge is 0.456 e. The van der Waals surface area contributed by atoms with Crippen LogP contribution in [-0.4, -0.2) is 19.1 Å². The monoisotopic (exact) mass is 339 g/mol. The van der Waals surface area contributed by atoms with Gasteiger partial charge in [-0.2, -0.15) is 5.26 Å². The summed E-state index contributed by atoms with van der Waals surface area (Å²) in [6.07, 6.45) is 3.21. The Labute approximate surface area is 151 Å². The fourth-order valence-electron chi connectivity index (χ4n) is 3.00. The molecule has 0 saturated heterocycles. The number of anilines is 1. The highest BCUT2D eigenvalue weighted by molar-refractivity contribution is 5.89. The minimum Gasteiger partial charge on any atom is -0.456 e. The lowest BCUT2D eigenvalue weighted by Gasteiger charge is -2.13. The van der Waals surface area contributed by atoms with Crippen molar-refractivity contribution in [3.8, 4) is 28.7 Å². The highest BCUT2D eigenvalue weighted by Gasteiger charge is 2.11. The summed E-state index contributed by atoms with van der Waals surface area (Å²) in [5, 5.41) is 11.6. The first kappa shape index (κ1) is 15.9. The van der Waals surface area contributed by atoms with Crippen molar-refractivity contribution in [2.24, 2.45) is 0 Å². The van der Waals surface area contributed by atoms with Gasteiger partial charge in [-0.1, -0.05) is 18.2 Å². The molecule has 26 heavy (non-hydrogen) atoms. The van der Waals surface area contributed by atoms with Gasteiger partial charge in [0, 0.05) is 43.3 Å². The number of pyridine rings is 1. The summed E-state index contributed by atoms with van der Waals surface area (Å²) in [5.74, 6) is 1.45. The van der Waals surface area contributed by atoms with Crippen molar-refractivity contribution in [3.05, 3.63) is 72.6 Å². The summed E-state index contributed by atoms with van der Waals surface area (Å²) >= 11 is 0. The third-order valence-corrected chi connectivity index (χ3v) is 4.44. The smallest absolute Gasteiger partial charge is 0.136 e. The Balaban J connectivity index is 1.74. The molecule has 2 aromatic heterocycles. The van der Waals surface area contributed by atoms with Gasteiger partial charge in [-0.3, -0.25) is 4.98 Å². The summed E-state index contributed by atoms with van der Waals surface area (Å²) in [5.41, 5.74) is 3.44. The van der Waals surface area contributed by atoms with Crippen LogP contribution in [0.15, 0.2) is 71.4 Å². The molecule has 0 amide bonds. The minimum atomic E-state index is 0.503. The highest BCUT2D eigenvalue weighted by Crippen LogP contribution is 2.32. The number of fused-ring (bicyclic) bond motifs is 1. The fraction of sp³-hybridized carbons (Fsp3) is 0.0909. The van der Waals surface area contributed by atoms with Crippen LogP contribution in [0.3, 0.4) is 0 Å². The van der Waals surface area contributed by atoms with Gasteiger partial charge in [0.25, 0.3) is 0 Å². The lowest BCUT2D eigenvalue weighted by molar-refractivity contribution is 0.597. The Kier molecular flexibility index (Phi) is 3.91. The Morgan fingerprint density at radius 2 is 1.69 bits per heavy atom. The van der Waals surface area contributed by atoms with E-state index in [1.54, 1.807) is 18.5 Å². The maximum Gasteiger partial charge on any atom is 0.136 e. The van der Waals surface area contributed by atoms with Crippen LogP contribution in [0.25, 0.3) is 33.4 Å². The Bertz CT molecular complexity index is 1140. The van der Waals surface area contributed by atoms with Gasteiger partial charge in [-0.05, 0) is 47.2 Å². The molecule has 2 heterocycles. The van der Waals surface area contributed by atoms with Crippen LogP contribution in [0.5, 0.6) is 0 Å². The number of nitrogens with zero attached hydrogens (tertiary/aromatic N) is 3. The van der Waals surface area contributed by atoms with Gasteiger partial charge < -0.3 is 9.32 Å². The quantitative estimate of drug-likeness (QED) is 0.521. The van der Waals surface area contributed by atoms with Crippen molar-refractivity contribution in [1.82, 2.24) is 4.98 Å². The van der Waals surface area contributed by atoms with E-state index in [0.29, 0.717) is 11.3 Å². The molecule has 0 unspecified atom stereocenters. The fourth-order valence-corrected chi connectivity index (χ4v) is 3.00. The number of benzene rings is 2. The van der Waals surface area contributed by atoms with Crippen molar-refractivity contribution in [2.45, 2.75) is 0 Å². The van der Waals surface area contributed by atoms with E-state index >= 15 is 0 Å². The molecule has 4 heteroatoms. The molecule has 2 aromatic carbocycles. The predicted molar refractivity (Wildman–Crippen MR) is 104 cm³/mol. The molecule has 0 bridgehead atoms. The second kappa shape index (κ2) is 6.38. The maximum absolute atomic E-state index is 9.25. The Morgan fingerprint density at radius 3 is 2.50 bits per heavy atom. The highest BCUT2D eigenvalue weighted by atomic mass is 16.3. The van der Waals surface area contributed by atoms with E-state index in [1.165, 1.54) is 11.1 Å². The third kappa shape index (κ3) is 2.80. The Hall–Kier alpha value is -3.58. The number of rotatable bonds is 3. The molecule has 0 aliphatic carbocycles. The number of aromatic nitrogens is 1. The lowest BCUT2D eigenvalue weighted by Crippen LogP contribution is -2.07. The van der Waals surface area contributed by atoms with E-state index in [-0.39, 0.29) is 0 Å². The Morgan fingerprint density at radius 1 is 0.923 bits per heavy atom. The molecule has 0 aliphatic heterocycles. The van der Waals surface area contributed by atoms with E-state index in [1.807, 2.05) is 26.2 Å². The number of hydrogen-bond donors (Lipinski definition) is 0.